The lowest BCUT2D eigenvalue weighted by atomic mass is 9.83. The number of methoxy groups -OCH3 is 1. The zero-order chi connectivity index (χ0) is 29.6. The molecular weight excluding hydrogens is 532 g/mol. The summed E-state index contributed by atoms with van der Waals surface area (Å²) in [5, 5.41) is 25.7. The molecule has 0 amide bonds. The SMILES string of the molecule is [C-]#[N+]c1c(NCCc2ccccc2)nc(NCCOC)c(N=Nc2cccc3c2C(=O)c2c(O)cccc2C3=O)c1C. The maximum absolute atomic E-state index is 13.5. The molecule has 0 radical (unpaired) electrons. The molecule has 5 rings (SSSR count). The summed E-state index contributed by atoms with van der Waals surface area (Å²) in [6.07, 6.45) is 0.747. The normalized spacial score (nSPS) is 12.1. The van der Waals surface area contributed by atoms with Gasteiger partial charge in [-0.3, -0.25) is 9.59 Å². The zero-order valence-electron chi connectivity index (χ0n) is 23.1. The second kappa shape index (κ2) is 12.4. The highest BCUT2D eigenvalue weighted by Crippen LogP contribution is 2.41. The van der Waals surface area contributed by atoms with E-state index in [1.54, 1.807) is 32.2 Å². The fourth-order valence-corrected chi connectivity index (χ4v) is 4.83. The largest absolute Gasteiger partial charge is 0.507 e. The van der Waals surface area contributed by atoms with Crippen molar-refractivity contribution in [3.05, 3.63) is 112 Å². The van der Waals surface area contributed by atoms with Crippen LogP contribution in [-0.2, 0) is 11.2 Å². The van der Waals surface area contributed by atoms with E-state index in [1.165, 1.54) is 18.2 Å². The minimum Gasteiger partial charge on any atom is -0.507 e. The molecule has 10 heteroatoms. The van der Waals surface area contributed by atoms with E-state index in [0.717, 1.165) is 12.0 Å². The van der Waals surface area contributed by atoms with Crippen LogP contribution in [-0.4, -0.2) is 48.5 Å². The van der Waals surface area contributed by atoms with Crippen LogP contribution in [0.5, 0.6) is 5.75 Å². The van der Waals surface area contributed by atoms with Gasteiger partial charge in [0, 0.05) is 31.3 Å². The van der Waals surface area contributed by atoms with Crippen LogP contribution >= 0.6 is 0 Å². The van der Waals surface area contributed by atoms with Crippen LogP contribution in [0.15, 0.2) is 77.0 Å². The van der Waals surface area contributed by atoms with E-state index in [4.69, 9.17) is 11.3 Å². The third kappa shape index (κ3) is 5.46. The number of carbonyl (C=O) groups excluding carboxylic acids is 2. The molecule has 0 saturated heterocycles. The number of phenolic OH excluding ortho intramolecular Hbond substituents is 1. The van der Waals surface area contributed by atoms with Crippen molar-refractivity contribution in [2.45, 2.75) is 13.3 Å². The molecule has 1 aliphatic rings. The number of hydrogen-bond acceptors (Lipinski definition) is 9. The second-order valence-corrected chi connectivity index (χ2v) is 9.58. The van der Waals surface area contributed by atoms with Crippen molar-refractivity contribution in [2.24, 2.45) is 10.2 Å². The Balaban J connectivity index is 1.52. The van der Waals surface area contributed by atoms with Crippen LogP contribution < -0.4 is 10.6 Å². The lowest BCUT2D eigenvalue weighted by Crippen LogP contribution is -2.21. The fourth-order valence-electron chi connectivity index (χ4n) is 4.83. The number of anilines is 2. The number of aromatic nitrogens is 1. The number of carbonyl (C=O) groups is 2. The Kier molecular flexibility index (Phi) is 8.32. The van der Waals surface area contributed by atoms with Gasteiger partial charge in [0.1, 0.15) is 17.3 Å². The summed E-state index contributed by atoms with van der Waals surface area (Å²) in [6, 6.07) is 19.2. The molecule has 0 atom stereocenters. The van der Waals surface area contributed by atoms with Crippen molar-refractivity contribution in [3.63, 3.8) is 0 Å². The number of nitrogens with one attached hydrogen (secondary N) is 2. The Morgan fingerprint density at radius 3 is 2.33 bits per heavy atom. The molecule has 1 aromatic heterocycles. The van der Waals surface area contributed by atoms with Gasteiger partial charge in [-0.2, -0.15) is 0 Å². The Hall–Kier alpha value is -5.40. The first-order valence-electron chi connectivity index (χ1n) is 13.3. The number of hydrogen-bond donors (Lipinski definition) is 3. The lowest BCUT2D eigenvalue weighted by Gasteiger charge is -2.19. The highest BCUT2D eigenvalue weighted by Gasteiger charge is 2.33. The third-order valence-electron chi connectivity index (χ3n) is 6.93. The van der Waals surface area contributed by atoms with Gasteiger partial charge in [-0.05, 0) is 36.6 Å². The monoisotopic (exact) mass is 560 g/mol. The van der Waals surface area contributed by atoms with Crippen LogP contribution in [0.25, 0.3) is 4.85 Å². The van der Waals surface area contributed by atoms with Crippen molar-refractivity contribution >= 4 is 40.3 Å². The first-order chi connectivity index (χ1) is 20.4. The first kappa shape index (κ1) is 28.1. The quantitative estimate of drug-likeness (QED) is 0.100. The van der Waals surface area contributed by atoms with Crippen LogP contribution in [0.4, 0.5) is 28.7 Å². The summed E-state index contributed by atoms with van der Waals surface area (Å²) in [7, 11) is 1.59. The predicted octanol–water partition coefficient (Wildman–Crippen LogP) is 6.55. The number of ether oxygens (including phenoxy) is 1. The molecular formula is C32H28N6O4. The topological polar surface area (TPSA) is 130 Å². The van der Waals surface area contributed by atoms with Crippen molar-refractivity contribution < 1.29 is 19.4 Å². The van der Waals surface area contributed by atoms with Gasteiger partial charge in [0.25, 0.3) is 0 Å². The Labute approximate surface area is 242 Å². The Bertz CT molecular complexity index is 1740. The van der Waals surface area contributed by atoms with E-state index in [1.807, 2.05) is 30.3 Å². The van der Waals surface area contributed by atoms with Crippen molar-refractivity contribution in [3.8, 4) is 5.75 Å². The summed E-state index contributed by atoms with van der Waals surface area (Å²) in [6.45, 7) is 11.0. The number of phenols is 1. The molecule has 0 fully saturated rings. The minimum absolute atomic E-state index is 0.0568. The number of pyridine rings is 1. The lowest BCUT2D eigenvalue weighted by molar-refractivity contribution is 0.0977. The fraction of sp³-hybridized carbons (Fsp3) is 0.188. The number of rotatable bonds is 10. The maximum atomic E-state index is 13.5. The van der Waals surface area contributed by atoms with Gasteiger partial charge >= 0.3 is 0 Å². The van der Waals surface area contributed by atoms with E-state index in [-0.39, 0.29) is 39.5 Å². The van der Waals surface area contributed by atoms with Crippen LogP contribution in [0.3, 0.4) is 0 Å². The predicted molar refractivity (Wildman–Crippen MR) is 160 cm³/mol. The Morgan fingerprint density at radius 2 is 1.60 bits per heavy atom. The third-order valence-corrected chi connectivity index (χ3v) is 6.93. The smallest absolute Gasteiger partial charge is 0.233 e. The molecule has 210 valence electrons. The number of ketones is 2. The van der Waals surface area contributed by atoms with Crippen molar-refractivity contribution in [1.29, 1.82) is 0 Å². The number of benzene rings is 3. The Morgan fingerprint density at radius 1 is 0.881 bits per heavy atom. The summed E-state index contributed by atoms with van der Waals surface area (Å²) in [4.78, 5) is 35.0. The van der Waals surface area contributed by atoms with Crippen LogP contribution in [0.1, 0.15) is 43.0 Å². The summed E-state index contributed by atoms with van der Waals surface area (Å²) in [5.74, 6) is -0.362. The molecule has 10 nitrogen and oxygen atoms in total. The molecule has 0 saturated carbocycles. The van der Waals surface area contributed by atoms with Gasteiger partial charge < -0.3 is 20.5 Å². The van der Waals surface area contributed by atoms with E-state index in [2.05, 4.69) is 30.7 Å². The van der Waals surface area contributed by atoms with E-state index in [0.29, 0.717) is 48.3 Å². The molecule has 42 heavy (non-hydrogen) atoms. The molecule has 4 aromatic rings. The second-order valence-electron chi connectivity index (χ2n) is 9.58. The van der Waals surface area contributed by atoms with Gasteiger partial charge in [-0.15, -0.1) is 10.2 Å². The number of nitrogens with zero attached hydrogens (tertiary/aromatic N) is 4. The van der Waals surface area contributed by atoms with Gasteiger partial charge in [0.15, 0.2) is 17.4 Å². The average Bonchev–Trinajstić information content (AvgIpc) is 3.00. The van der Waals surface area contributed by atoms with E-state index < -0.39 is 5.78 Å². The highest BCUT2D eigenvalue weighted by atomic mass is 16.5. The summed E-state index contributed by atoms with van der Waals surface area (Å²) >= 11 is 0. The van der Waals surface area contributed by atoms with Gasteiger partial charge in [-0.1, -0.05) is 54.6 Å². The van der Waals surface area contributed by atoms with E-state index in [9.17, 15) is 14.7 Å². The molecule has 0 bridgehead atoms. The molecule has 1 aliphatic carbocycles. The van der Waals surface area contributed by atoms with Crippen LogP contribution in [0, 0.1) is 13.5 Å². The minimum atomic E-state index is -0.514. The molecule has 1 heterocycles. The zero-order valence-corrected chi connectivity index (χ0v) is 23.1. The maximum Gasteiger partial charge on any atom is 0.233 e. The van der Waals surface area contributed by atoms with Crippen LogP contribution in [0.2, 0.25) is 0 Å². The summed E-state index contributed by atoms with van der Waals surface area (Å²) < 4.78 is 5.18. The molecule has 0 aliphatic heterocycles. The number of fused-ring (bicyclic) bond motifs is 2. The molecule has 3 aromatic carbocycles. The number of azo groups is 1. The number of aromatic hydroxyl groups is 1. The van der Waals surface area contributed by atoms with Crippen molar-refractivity contribution in [1.82, 2.24) is 4.98 Å². The van der Waals surface area contributed by atoms with Gasteiger partial charge in [0.05, 0.1) is 30.0 Å². The molecule has 0 unspecified atom stereocenters. The van der Waals surface area contributed by atoms with Crippen molar-refractivity contribution in [2.75, 3.05) is 37.4 Å². The molecule has 0 spiro atoms. The first-order valence-corrected chi connectivity index (χ1v) is 13.3. The van der Waals surface area contributed by atoms with Gasteiger partial charge in [-0.25, -0.2) is 9.83 Å². The summed E-state index contributed by atoms with van der Waals surface area (Å²) in [5.41, 5.74) is 2.81. The van der Waals surface area contributed by atoms with Gasteiger partial charge in [0.2, 0.25) is 5.69 Å². The standard InChI is InChI=1S/C32H28N6O4/c1-19-27(33-2)31(34-16-15-20-9-5-4-6-10-20)36-32(35-17-18-42-3)28(19)38-37-23-13-7-11-21-25(23)30(41)26-22(29(21)40)12-8-14-24(26)39/h4-14,39H,15-18H2,1,3H3,(H2,34,35,36). The average molecular weight is 561 g/mol. The van der Waals surface area contributed by atoms with E-state index >= 15 is 0 Å². The molecule has 3 N–H and O–H groups in total. The highest BCUT2D eigenvalue weighted by molar-refractivity contribution is 6.30.